The topological polar surface area (TPSA) is 52.6 Å². The van der Waals surface area contributed by atoms with Crippen LogP contribution in [0.5, 0.6) is 0 Å². The first-order chi connectivity index (χ1) is 10.9. The van der Waals surface area contributed by atoms with E-state index in [1.165, 1.54) is 44.9 Å². The number of carbonyl (C=O) groups is 2. The SMILES string of the molecule is CCCCCCCCCCCCCOC(=O)C(=O)OC(F)(F)F. The van der Waals surface area contributed by atoms with Crippen molar-refractivity contribution in [3.63, 3.8) is 0 Å². The summed E-state index contributed by atoms with van der Waals surface area (Å²) in [5.74, 6) is -3.63. The summed E-state index contributed by atoms with van der Waals surface area (Å²) >= 11 is 0. The van der Waals surface area contributed by atoms with Gasteiger partial charge in [-0.3, -0.25) is 0 Å². The molecule has 0 aliphatic heterocycles. The van der Waals surface area contributed by atoms with Crippen LogP contribution in [0.4, 0.5) is 13.2 Å². The molecule has 0 rings (SSSR count). The van der Waals surface area contributed by atoms with E-state index in [0.717, 1.165) is 19.3 Å². The number of halogens is 3. The van der Waals surface area contributed by atoms with E-state index in [-0.39, 0.29) is 6.61 Å². The van der Waals surface area contributed by atoms with Crippen LogP contribution < -0.4 is 0 Å². The third kappa shape index (κ3) is 15.4. The molecule has 0 aromatic rings. The minimum Gasteiger partial charge on any atom is -0.457 e. The van der Waals surface area contributed by atoms with Crippen LogP contribution >= 0.6 is 0 Å². The number of rotatable bonds is 12. The highest BCUT2D eigenvalue weighted by Gasteiger charge is 2.37. The Bertz CT molecular complexity index is 330. The molecule has 0 aliphatic rings. The first-order valence-electron chi connectivity index (χ1n) is 8.33. The molecule has 0 radical (unpaired) electrons. The normalized spacial score (nSPS) is 11.3. The Kier molecular flexibility index (Phi) is 12.5. The molecule has 0 fully saturated rings. The van der Waals surface area contributed by atoms with Crippen molar-refractivity contribution in [2.45, 2.75) is 83.9 Å². The molecule has 0 atom stereocenters. The predicted octanol–water partition coefficient (Wildman–Crippen LogP) is 4.90. The molecule has 0 aromatic heterocycles. The molecule has 23 heavy (non-hydrogen) atoms. The number of unbranched alkanes of at least 4 members (excludes halogenated alkanes) is 10. The Labute approximate surface area is 135 Å². The van der Waals surface area contributed by atoms with Crippen molar-refractivity contribution in [1.82, 2.24) is 0 Å². The second kappa shape index (κ2) is 13.2. The van der Waals surface area contributed by atoms with Crippen LogP contribution in [-0.2, 0) is 19.1 Å². The van der Waals surface area contributed by atoms with Gasteiger partial charge < -0.3 is 9.47 Å². The second-order valence-electron chi connectivity index (χ2n) is 5.51. The molecule has 4 nitrogen and oxygen atoms in total. The number of carbonyl (C=O) groups excluding carboxylic acids is 2. The summed E-state index contributed by atoms with van der Waals surface area (Å²) in [7, 11) is 0. The Hall–Kier alpha value is -1.27. The summed E-state index contributed by atoms with van der Waals surface area (Å²) in [5.41, 5.74) is 0. The highest BCUT2D eigenvalue weighted by molar-refractivity contribution is 6.29. The van der Waals surface area contributed by atoms with Crippen LogP contribution in [0.2, 0.25) is 0 Å². The zero-order chi connectivity index (χ0) is 17.6. The lowest BCUT2D eigenvalue weighted by Crippen LogP contribution is -2.27. The molecule has 0 aromatic carbocycles. The first kappa shape index (κ1) is 21.7. The van der Waals surface area contributed by atoms with Gasteiger partial charge in [0.15, 0.2) is 0 Å². The zero-order valence-electron chi connectivity index (χ0n) is 13.8. The van der Waals surface area contributed by atoms with E-state index in [1.807, 2.05) is 0 Å². The van der Waals surface area contributed by atoms with E-state index in [0.29, 0.717) is 6.42 Å². The summed E-state index contributed by atoms with van der Waals surface area (Å²) in [6.07, 6.45) is 7.07. The van der Waals surface area contributed by atoms with Crippen LogP contribution in [0.3, 0.4) is 0 Å². The average Bonchev–Trinajstić information content (AvgIpc) is 2.46. The molecule has 0 saturated carbocycles. The minimum atomic E-state index is -5.16. The van der Waals surface area contributed by atoms with E-state index in [2.05, 4.69) is 16.4 Å². The number of esters is 2. The maximum atomic E-state index is 11.7. The molecule has 7 heteroatoms. The van der Waals surface area contributed by atoms with E-state index in [4.69, 9.17) is 0 Å². The third-order valence-electron chi connectivity index (χ3n) is 3.36. The maximum Gasteiger partial charge on any atom is 0.575 e. The van der Waals surface area contributed by atoms with Crippen molar-refractivity contribution < 1.29 is 32.2 Å². The van der Waals surface area contributed by atoms with Gasteiger partial charge >= 0.3 is 18.3 Å². The molecule has 0 N–H and O–H groups in total. The Balaban J connectivity index is 3.36. The average molecular weight is 340 g/mol. The van der Waals surface area contributed by atoms with Crippen LogP contribution in [0.25, 0.3) is 0 Å². The molecule has 0 saturated heterocycles. The smallest absolute Gasteiger partial charge is 0.457 e. The molecular formula is C16H27F3O4. The lowest BCUT2D eigenvalue weighted by molar-refractivity contribution is -0.305. The van der Waals surface area contributed by atoms with Gasteiger partial charge in [-0.1, -0.05) is 71.1 Å². The number of ether oxygens (including phenoxy) is 2. The van der Waals surface area contributed by atoms with Gasteiger partial charge in [0.1, 0.15) is 0 Å². The van der Waals surface area contributed by atoms with Gasteiger partial charge in [-0.2, -0.15) is 0 Å². The van der Waals surface area contributed by atoms with Crippen molar-refractivity contribution in [1.29, 1.82) is 0 Å². The molecular weight excluding hydrogens is 313 g/mol. The van der Waals surface area contributed by atoms with Gasteiger partial charge in [-0.05, 0) is 6.42 Å². The summed E-state index contributed by atoms with van der Waals surface area (Å²) in [5, 5.41) is 0. The lowest BCUT2D eigenvalue weighted by atomic mass is 10.1. The van der Waals surface area contributed by atoms with Crippen molar-refractivity contribution >= 4 is 11.9 Å². The molecule has 136 valence electrons. The van der Waals surface area contributed by atoms with Crippen LogP contribution in [-0.4, -0.2) is 24.9 Å². The summed E-state index contributed by atoms with van der Waals surface area (Å²) in [4.78, 5) is 21.6. The monoisotopic (exact) mass is 340 g/mol. The number of hydrogen-bond donors (Lipinski definition) is 0. The molecule has 0 amide bonds. The number of hydrogen-bond acceptors (Lipinski definition) is 4. The molecule has 0 aliphatic carbocycles. The molecule has 0 unspecified atom stereocenters. The van der Waals surface area contributed by atoms with Gasteiger partial charge in [0, 0.05) is 0 Å². The first-order valence-corrected chi connectivity index (χ1v) is 8.33. The number of alkyl halides is 3. The third-order valence-corrected chi connectivity index (χ3v) is 3.36. The maximum absolute atomic E-state index is 11.7. The van der Waals surface area contributed by atoms with E-state index in [1.54, 1.807) is 0 Å². The second-order valence-corrected chi connectivity index (χ2v) is 5.51. The highest BCUT2D eigenvalue weighted by atomic mass is 19.4. The fourth-order valence-electron chi connectivity index (χ4n) is 2.14. The fourth-order valence-corrected chi connectivity index (χ4v) is 2.14. The van der Waals surface area contributed by atoms with Crippen molar-refractivity contribution in [3.8, 4) is 0 Å². The van der Waals surface area contributed by atoms with Crippen LogP contribution in [0.15, 0.2) is 0 Å². The van der Waals surface area contributed by atoms with Crippen molar-refractivity contribution in [2.75, 3.05) is 6.61 Å². The summed E-state index contributed by atoms with van der Waals surface area (Å²) in [6, 6.07) is 0. The van der Waals surface area contributed by atoms with E-state index >= 15 is 0 Å². The Morgan fingerprint density at radius 3 is 1.61 bits per heavy atom. The van der Waals surface area contributed by atoms with Gasteiger partial charge in [0.05, 0.1) is 6.61 Å². The largest absolute Gasteiger partial charge is 0.575 e. The van der Waals surface area contributed by atoms with Gasteiger partial charge in [0.25, 0.3) is 0 Å². The van der Waals surface area contributed by atoms with Crippen LogP contribution in [0, 0.1) is 0 Å². The van der Waals surface area contributed by atoms with E-state index in [9.17, 15) is 22.8 Å². The quantitative estimate of drug-likeness (QED) is 0.288. The standard InChI is InChI=1S/C16H27F3O4/c1-2-3-4-5-6-7-8-9-10-11-12-13-22-14(20)15(21)23-16(17,18)19/h2-13H2,1H3. The van der Waals surface area contributed by atoms with E-state index < -0.39 is 18.3 Å². The Morgan fingerprint density at radius 2 is 1.17 bits per heavy atom. The molecule has 0 heterocycles. The fraction of sp³-hybridized carbons (Fsp3) is 0.875. The van der Waals surface area contributed by atoms with Gasteiger partial charge in [-0.15, -0.1) is 13.2 Å². The highest BCUT2D eigenvalue weighted by Crippen LogP contribution is 2.16. The van der Waals surface area contributed by atoms with Gasteiger partial charge in [0.2, 0.25) is 0 Å². The lowest BCUT2D eigenvalue weighted by Gasteiger charge is -2.07. The van der Waals surface area contributed by atoms with Gasteiger partial charge in [-0.25, -0.2) is 9.59 Å². The Morgan fingerprint density at radius 1 is 0.739 bits per heavy atom. The molecule has 0 bridgehead atoms. The minimum absolute atomic E-state index is 0.0667. The van der Waals surface area contributed by atoms with Crippen molar-refractivity contribution in [2.24, 2.45) is 0 Å². The summed E-state index contributed by atoms with van der Waals surface area (Å²) in [6.45, 7) is 2.12. The van der Waals surface area contributed by atoms with Crippen LogP contribution in [0.1, 0.15) is 77.6 Å². The van der Waals surface area contributed by atoms with Crippen molar-refractivity contribution in [3.05, 3.63) is 0 Å². The summed E-state index contributed by atoms with van der Waals surface area (Å²) < 4.78 is 42.4. The predicted molar refractivity (Wildman–Crippen MR) is 79.6 cm³/mol. The molecule has 0 spiro atoms. The zero-order valence-corrected chi connectivity index (χ0v) is 13.8.